The number of nitrogens with zero attached hydrogens (tertiary/aromatic N) is 2. The summed E-state index contributed by atoms with van der Waals surface area (Å²) >= 11 is 5.44. The molecule has 27 heavy (non-hydrogen) atoms. The van der Waals surface area contributed by atoms with Gasteiger partial charge in [-0.1, -0.05) is 19.4 Å². The number of rotatable bonds is 7. The Hall–Kier alpha value is -1.66. The van der Waals surface area contributed by atoms with Crippen LogP contribution < -0.4 is 15.5 Å². The van der Waals surface area contributed by atoms with Crippen LogP contribution in [0.2, 0.25) is 0 Å². The van der Waals surface area contributed by atoms with Crippen molar-refractivity contribution in [1.82, 2.24) is 10.2 Å². The molecule has 2 aliphatic rings. The maximum atomic E-state index is 11.9. The second-order valence-electron chi connectivity index (χ2n) is 7.53. The summed E-state index contributed by atoms with van der Waals surface area (Å²) in [5, 5.41) is 7.21. The number of hydrogen-bond acceptors (Lipinski definition) is 3. The quantitative estimate of drug-likeness (QED) is 0.550. The minimum Gasteiger partial charge on any atom is -0.362 e. The van der Waals surface area contributed by atoms with Crippen LogP contribution in [0.1, 0.15) is 51.9 Å². The summed E-state index contributed by atoms with van der Waals surface area (Å²) in [4.78, 5) is 16.4. The Bertz CT molecular complexity index is 651. The minimum absolute atomic E-state index is 0.205. The zero-order valence-electron chi connectivity index (χ0n) is 16.4. The standard InChI is InChI=1S/C21H32N4OS/c1-2-18-9-3-4-13-24(18)14-7-12-22-21(27)23-17-8-5-10-19(16-17)25-15-6-11-20(25)26/h5,8,10,16,18H,2-4,6-7,9,11-15H2,1H3,(H2,22,23,27)/t18-/m0/s1. The number of piperidine rings is 1. The molecule has 1 aromatic carbocycles. The lowest BCUT2D eigenvalue weighted by Crippen LogP contribution is -2.40. The van der Waals surface area contributed by atoms with E-state index in [1.165, 1.54) is 32.2 Å². The van der Waals surface area contributed by atoms with Crippen LogP contribution in [-0.2, 0) is 4.79 Å². The van der Waals surface area contributed by atoms with E-state index in [0.717, 1.165) is 49.9 Å². The van der Waals surface area contributed by atoms with Crippen LogP contribution in [0.3, 0.4) is 0 Å². The van der Waals surface area contributed by atoms with Gasteiger partial charge in [0.25, 0.3) is 0 Å². The average Bonchev–Trinajstić information content (AvgIpc) is 3.11. The molecule has 148 valence electrons. The Labute approximate surface area is 168 Å². The van der Waals surface area contributed by atoms with Gasteiger partial charge >= 0.3 is 0 Å². The van der Waals surface area contributed by atoms with Crippen LogP contribution in [-0.4, -0.2) is 48.1 Å². The number of carbonyl (C=O) groups is 1. The molecule has 3 rings (SSSR count). The Kier molecular flexibility index (Phi) is 7.47. The second-order valence-corrected chi connectivity index (χ2v) is 7.94. The lowest BCUT2D eigenvalue weighted by atomic mass is 10.00. The van der Waals surface area contributed by atoms with Crippen LogP contribution in [0.25, 0.3) is 0 Å². The van der Waals surface area contributed by atoms with Gasteiger partial charge in [-0.15, -0.1) is 0 Å². The molecule has 0 aliphatic carbocycles. The van der Waals surface area contributed by atoms with E-state index in [9.17, 15) is 4.79 Å². The molecule has 1 atom stereocenters. The lowest BCUT2D eigenvalue weighted by molar-refractivity contribution is -0.117. The smallest absolute Gasteiger partial charge is 0.227 e. The van der Waals surface area contributed by atoms with Gasteiger partial charge in [0.05, 0.1) is 0 Å². The van der Waals surface area contributed by atoms with Gasteiger partial charge in [-0.3, -0.25) is 4.79 Å². The molecule has 0 radical (unpaired) electrons. The van der Waals surface area contributed by atoms with Gasteiger partial charge in [-0.05, 0) is 69.1 Å². The van der Waals surface area contributed by atoms with Gasteiger partial charge < -0.3 is 20.4 Å². The molecule has 2 fully saturated rings. The number of hydrogen-bond donors (Lipinski definition) is 2. The highest BCUT2D eigenvalue weighted by molar-refractivity contribution is 7.80. The summed E-state index contributed by atoms with van der Waals surface area (Å²) in [5.41, 5.74) is 1.87. The zero-order valence-corrected chi connectivity index (χ0v) is 17.2. The molecule has 1 amide bonds. The maximum Gasteiger partial charge on any atom is 0.227 e. The molecule has 0 bridgehead atoms. The third kappa shape index (κ3) is 5.66. The minimum atomic E-state index is 0.205. The van der Waals surface area contributed by atoms with Crippen LogP contribution in [0.15, 0.2) is 24.3 Å². The Morgan fingerprint density at radius 3 is 2.93 bits per heavy atom. The van der Waals surface area contributed by atoms with E-state index in [2.05, 4.69) is 22.5 Å². The molecule has 0 aromatic heterocycles. The summed E-state index contributed by atoms with van der Waals surface area (Å²) in [6, 6.07) is 8.69. The van der Waals surface area contributed by atoms with Crippen LogP contribution in [0.4, 0.5) is 11.4 Å². The molecule has 2 heterocycles. The summed E-state index contributed by atoms with van der Waals surface area (Å²) in [6.45, 7) is 6.36. The summed E-state index contributed by atoms with van der Waals surface area (Å²) < 4.78 is 0. The number of nitrogens with one attached hydrogen (secondary N) is 2. The van der Waals surface area contributed by atoms with Crippen LogP contribution in [0.5, 0.6) is 0 Å². The van der Waals surface area contributed by atoms with Crippen molar-refractivity contribution in [3.8, 4) is 0 Å². The van der Waals surface area contributed by atoms with E-state index in [1.807, 2.05) is 29.2 Å². The Balaban J connectivity index is 1.41. The lowest BCUT2D eigenvalue weighted by Gasteiger charge is -2.35. The van der Waals surface area contributed by atoms with Crippen molar-refractivity contribution >= 4 is 34.6 Å². The van der Waals surface area contributed by atoms with Crippen molar-refractivity contribution in [2.24, 2.45) is 0 Å². The van der Waals surface area contributed by atoms with Crippen LogP contribution >= 0.6 is 12.2 Å². The van der Waals surface area contributed by atoms with E-state index in [-0.39, 0.29) is 5.91 Å². The molecule has 2 aliphatic heterocycles. The first-order valence-corrected chi connectivity index (χ1v) is 10.8. The summed E-state index contributed by atoms with van der Waals surface area (Å²) in [6.07, 6.45) is 7.99. The highest BCUT2D eigenvalue weighted by Crippen LogP contribution is 2.24. The predicted molar refractivity (Wildman–Crippen MR) is 116 cm³/mol. The fourth-order valence-corrected chi connectivity index (χ4v) is 4.37. The number of anilines is 2. The van der Waals surface area contributed by atoms with Gasteiger partial charge in [0.15, 0.2) is 5.11 Å². The molecule has 1 aromatic rings. The van der Waals surface area contributed by atoms with Crippen molar-refractivity contribution < 1.29 is 4.79 Å². The third-order valence-corrected chi connectivity index (χ3v) is 5.86. The first kappa shape index (κ1) is 20.1. The first-order valence-electron chi connectivity index (χ1n) is 10.4. The summed E-state index contributed by atoms with van der Waals surface area (Å²) in [7, 11) is 0. The second kappa shape index (κ2) is 10.0. The van der Waals surface area contributed by atoms with Crippen molar-refractivity contribution in [2.45, 2.75) is 57.9 Å². The number of benzene rings is 1. The van der Waals surface area contributed by atoms with Gasteiger partial charge in [-0.25, -0.2) is 0 Å². The SMILES string of the molecule is CC[C@H]1CCCCN1CCCNC(=S)Nc1cccc(N2CCCC2=O)c1. The zero-order chi connectivity index (χ0) is 19.1. The van der Waals surface area contributed by atoms with Crippen molar-refractivity contribution in [3.63, 3.8) is 0 Å². The van der Waals surface area contributed by atoms with Gasteiger partial charge in [0.2, 0.25) is 5.91 Å². The average molecular weight is 389 g/mol. The Morgan fingerprint density at radius 2 is 2.15 bits per heavy atom. The highest BCUT2D eigenvalue weighted by atomic mass is 32.1. The fourth-order valence-electron chi connectivity index (χ4n) is 4.15. The van der Waals surface area contributed by atoms with E-state index in [4.69, 9.17) is 12.2 Å². The third-order valence-electron chi connectivity index (χ3n) is 5.62. The molecule has 5 nitrogen and oxygen atoms in total. The maximum absolute atomic E-state index is 11.9. The van der Waals surface area contributed by atoms with Crippen LogP contribution in [0, 0.1) is 0 Å². The van der Waals surface area contributed by atoms with Crippen molar-refractivity contribution in [3.05, 3.63) is 24.3 Å². The Morgan fingerprint density at radius 1 is 1.26 bits per heavy atom. The molecule has 0 saturated carbocycles. The summed E-state index contributed by atoms with van der Waals surface area (Å²) in [5.74, 6) is 0.205. The van der Waals surface area contributed by atoms with Crippen molar-refractivity contribution in [1.29, 1.82) is 0 Å². The number of likely N-dealkylation sites (tertiary alicyclic amines) is 1. The fraction of sp³-hybridized carbons (Fsp3) is 0.619. The molecule has 2 saturated heterocycles. The molecule has 2 N–H and O–H groups in total. The first-order chi connectivity index (χ1) is 13.2. The largest absolute Gasteiger partial charge is 0.362 e. The molecule has 0 spiro atoms. The van der Waals surface area contributed by atoms with E-state index in [1.54, 1.807) is 0 Å². The molecule has 6 heteroatoms. The molecular formula is C21H32N4OS. The van der Waals surface area contributed by atoms with Gasteiger partial charge in [-0.2, -0.15) is 0 Å². The van der Waals surface area contributed by atoms with E-state index >= 15 is 0 Å². The number of amides is 1. The topological polar surface area (TPSA) is 47.6 Å². The predicted octanol–water partition coefficient (Wildman–Crippen LogP) is 3.75. The monoisotopic (exact) mass is 388 g/mol. The number of thiocarbonyl (C=S) groups is 1. The molecule has 0 unspecified atom stereocenters. The molecular weight excluding hydrogens is 356 g/mol. The van der Waals surface area contributed by atoms with Gasteiger partial charge in [0, 0.05) is 43.5 Å². The normalized spacial score (nSPS) is 20.7. The van der Waals surface area contributed by atoms with Gasteiger partial charge in [0.1, 0.15) is 0 Å². The number of carbonyl (C=O) groups excluding carboxylic acids is 1. The van der Waals surface area contributed by atoms with E-state index in [0.29, 0.717) is 11.5 Å². The highest BCUT2D eigenvalue weighted by Gasteiger charge is 2.22. The van der Waals surface area contributed by atoms with E-state index < -0.39 is 0 Å². The van der Waals surface area contributed by atoms with Crippen molar-refractivity contribution in [2.75, 3.05) is 36.4 Å².